The second-order valence-corrected chi connectivity index (χ2v) is 5.98. The Hall–Kier alpha value is -3.22. The molecule has 0 saturated carbocycles. The van der Waals surface area contributed by atoms with E-state index in [0.29, 0.717) is 24.4 Å². The second kappa shape index (κ2) is 7.77. The first kappa shape index (κ1) is 17.6. The first-order valence-corrected chi connectivity index (χ1v) is 8.25. The fourth-order valence-electron chi connectivity index (χ4n) is 2.66. The van der Waals surface area contributed by atoms with Gasteiger partial charge in [0, 0.05) is 32.7 Å². The minimum Gasteiger partial charge on any atom is -0.454 e. The number of amides is 3. The average Bonchev–Trinajstić information content (AvgIpc) is 3.13. The number of hydrogen-bond donors (Lipinski definition) is 2. The number of carbonyl (C=O) groups excluding carboxylic acids is 2. The first-order valence-electron chi connectivity index (χ1n) is 8.25. The summed E-state index contributed by atoms with van der Waals surface area (Å²) >= 11 is 0. The highest BCUT2D eigenvalue weighted by atomic mass is 16.7. The molecule has 0 unspecified atom stereocenters. The lowest BCUT2D eigenvalue weighted by Crippen LogP contribution is -2.36. The molecule has 0 bridgehead atoms. The molecular weight excluding hydrogens is 334 g/mol. The Bertz CT molecular complexity index is 822. The summed E-state index contributed by atoms with van der Waals surface area (Å²) in [5.74, 6) is 1.26. The minimum absolute atomic E-state index is 0.155. The zero-order valence-corrected chi connectivity index (χ0v) is 14.7. The van der Waals surface area contributed by atoms with Gasteiger partial charge >= 0.3 is 6.03 Å². The van der Waals surface area contributed by atoms with Crippen molar-refractivity contribution in [2.75, 3.05) is 20.9 Å². The lowest BCUT2D eigenvalue weighted by atomic mass is 10.1. The summed E-state index contributed by atoms with van der Waals surface area (Å²) in [6.45, 7) is 1.01. The second-order valence-electron chi connectivity index (χ2n) is 5.98. The smallest absolute Gasteiger partial charge is 0.317 e. The number of carbonyl (C=O) groups is 2. The molecule has 2 aromatic rings. The van der Waals surface area contributed by atoms with Gasteiger partial charge in [0.05, 0.1) is 0 Å². The maximum absolute atomic E-state index is 12.3. The van der Waals surface area contributed by atoms with E-state index in [-0.39, 0.29) is 18.7 Å². The Balaban J connectivity index is 1.55. The molecule has 0 fully saturated rings. The van der Waals surface area contributed by atoms with Gasteiger partial charge in [-0.2, -0.15) is 0 Å². The van der Waals surface area contributed by atoms with Gasteiger partial charge in [-0.15, -0.1) is 0 Å². The topological polar surface area (TPSA) is 79.9 Å². The monoisotopic (exact) mass is 355 g/mol. The molecule has 0 aromatic heterocycles. The SMILES string of the molecule is CNC(=O)c1cccc(CNC(=O)N(C)Cc2ccc3c(c2)OCO3)c1. The van der Waals surface area contributed by atoms with Crippen molar-refractivity contribution in [2.45, 2.75) is 13.1 Å². The standard InChI is InChI=1S/C19H21N3O4/c1-20-18(23)15-5-3-4-13(8-15)10-21-19(24)22(2)11-14-6-7-16-17(9-14)26-12-25-16/h3-9H,10-12H2,1-2H3,(H,20,23)(H,21,24). The highest BCUT2D eigenvalue weighted by molar-refractivity contribution is 5.94. The number of urea groups is 1. The van der Waals surface area contributed by atoms with Crippen LogP contribution in [-0.4, -0.2) is 37.7 Å². The minimum atomic E-state index is -0.201. The molecular formula is C19H21N3O4. The van der Waals surface area contributed by atoms with Gasteiger partial charge in [-0.3, -0.25) is 4.79 Å². The van der Waals surface area contributed by atoms with E-state index in [0.717, 1.165) is 16.9 Å². The molecule has 136 valence electrons. The molecule has 7 nitrogen and oxygen atoms in total. The number of rotatable bonds is 5. The number of ether oxygens (including phenoxy) is 2. The van der Waals surface area contributed by atoms with Crippen LogP contribution in [0.5, 0.6) is 11.5 Å². The molecule has 26 heavy (non-hydrogen) atoms. The van der Waals surface area contributed by atoms with Crippen molar-refractivity contribution < 1.29 is 19.1 Å². The zero-order chi connectivity index (χ0) is 18.5. The average molecular weight is 355 g/mol. The molecule has 1 heterocycles. The number of nitrogens with zero attached hydrogens (tertiary/aromatic N) is 1. The van der Waals surface area contributed by atoms with Crippen molar-refractivity contribution in [1.29, 1.82) is 0 Å². The van der Waals surface area contributed by atoms with Gasteiger partial charge in [0.15, 0.2) is 11.5 Å². The maximum atomic E-state index is 12.3. The third-order valence-electron chi connectivity index (χ3n) is 4.06. The molecule has 0 aliphatic carbocycles. The van der Waals surface area contributed by atoms with Gasteiger partial charge in [-0.05, 0) is 35.4 Å². The summed E-state index contributed by atoms with van der Waals surface area (Å²) < 4.78 is 10.6. The Morgan fingerprint density at radius 1 is 1.08 bits per heavy atom. The summed E-state index contributed by atoms with van der Waals surface area (Å²) in [4.78, 5) is 25.6. The lowest BCUT2D eigenvalue weighted by Gasteiger charge is -2.18. The van der Waals surface area contributed by atoms with Gasteiger partial charge in [-0.25, -0.2) is 4.79 Å². The molecule has 2 aromatic carbocycles. The van der Waals surface area contributed by atoms with Gasteiger partial charge in [0.2, 0.25) is 6.79 Å². The van der Waals surface area contributed by atoms with Crippen LogP contribution in [-0.2, 0) is 13.1 Å². The Labute approximate surface area is 151 Å². The van der Waals surface area contributed by atoms with E-state index in [1.807, 2.05) is 24.3 Å². The molecule has 0 radical (unpaired) electrons. The lowest BCUT2D eigenvalue weighted by molar-refractivity contribution is 0.0963. The van der Waals surface area contributed by atoms with Crippen molar-refractivity contribution in [1.82, 2.24) is 15.5 Å². The van der Waals surface area contributed by atoms with Crippen LogP contribution >= 0.6 is 0 Å². The number of nitrogens with one attached hydrogen (secondary N) is 2. The Morgan fingerprint density at radius 2 is 1.88 bits per heavy atom. The summed E-state index contributed by atoms with van der Waals surface area (Å²) in [6.07, 6.45) is 0. The summed E-state index contributed by atoms with van der Waals surface area (Å²) in [6, 6.07) is 12.6. The summed E-state index contributed by atoms with van der Waals surface area (Å²) in [5, 5.41) is 5.44. The van der Waals surface area contributed by atoms with Crippen LogP contribution in [0.15, 0.2) is 42.5 Å². The Morgan fingerprint density at radius 3 is 2.69 bits per heavy atom. The van der Waals surface area contributed by atoms with Crippen LogP contribution in [0.1, 0.15) is 21.5 Å². The first-order chi connectivity index (χ1) is 12.6. The van der Waals surface area contributed by atoms with E-state index >= 15 is 0 Å². The van der Waals surface area contributed by atoms with E-state index in [1.165, 1.54) is 0 Å². The fraction of sp³-hybridized carbons (Fsp3) is 0.263. The normalized spacial score (nSPS) is 11.8. The molecule has 2 N–H and O–H groups in total. The van der Waals surface area contributed by atoms with Crippen LogP contribution < -0.4 is 20.1 Å². The maximum Gasteiger partial charge on any atom is 0.317 e. The number of fused-ring (bicyclic) bond motifs is 1. The molecule has 1 aliphatic heterocycles. The molecule has 3 amide bonds. The molecule has 0 saturated heterocycles. The van der Waals surface area contributed by atoms with Crippen LogP contribution in [0.25, 0.3) is 0 Å². The predicted octanol–water partition coefficient (Wildman–Crippen LogP) is 2.12. The van der Waals surface area contributed by atoms with Gasteiger partial charge < -0.3 is 25.0 Å². The number of hydrogen-bond acceptors (Lipinski definition) is 4. The van der Waals surface area contributed by atoms with Crippen molar-refractivity contribution in [3.05, 3.63) is 59.2 Å². The highest BCUT2D eigenvalue weighted by Crippen LogP contribution is 2.32. The largest absolute Gasteiger partial charge is 0.454 e. The van der Waals surface area contributed by atoms with Crippen LogP contribution in [0.4, 0.5) is 4.79 Å². The van der Waals surface area contributed by atoms with Gasteiger partial charge in [0.25, 0.3) is 5.91 Å². The fourth-order valence-corrected chi connectivity index (χ4v) is 2.66. The van der Waals surface area contributed by atoms with Gasteiger partial charge in [0.1, 0.15) is 0 Å². The van der Waals surface area contributed by atoms with Gasteiger partial charge in [-0.1, -0.05) is 18.2 Å². The van der Waals surface area contributed by atoms with E-state index in [4.69, 9.17) is 9.47 Å². The van der Waals surface area contributed by atoms with E-state index in [1.54, 1.807) is 37.2 Å². The Kier molecular flexibility index (Phi) is 5.26. The summed E-state index contributed by atoms with van der Waals surface area (Å²) in [5.41, 5.74) is 2.37. The van der Waals surface area contributed by atoms with Crippen molar-refractivity contribution in [3.8, 4) is 11.5 Å². The van der Waals surface area contributed by atoms with Crippen LogP contribution in [0.2, 0.25) is 0 Å². The van der Waals surface area contributed by atoms with E-state index in [2.05, 4.69) is 10.6 Å². The third kappa shape index (κ3) is 4.05. The van der Waals surface area contributed by atoms with E-state index in [9.17, 15) is 9.59 Å². The predicted molar refractivity (Wildman–Crippen MR) is 96.1 cm³/mol. The van der Waals surface area contributed by atoms with Crippen molar-refractivity contribution in [3.63, 3.8) is 0 Å². The number of benzene rings is 2. The van der Waals surface area contributed by atoms with Crippen LogP contribution in [0, 0.1) is 0 Å². The highest BCUT2D eigenvalue weighted by Gasteiger charge is 2.15. The summed E-state index contributed by atoms with van der Waals surface area (Å²) in [7, 11) is 3.31. The molecule has 3 rings (SSSR count). The molecule has 7 heteroatoms. The molecule has 0 atom stereocenters. The van der Waals surface area contributed by atoms with Crippen molar-refractivity contribution in [2.24, 2.45) is 0 Å². The zero-order valence-electron chi connectivity index (χ0n) is 14.7. The molecule has 1 aliphatic rings. The van der Waals surface area contributed by atoms with Crippen LogP contribution in [0.3, 0.4) is 0 Å². The quantitative estimate of drug-likeness (QED) is 0.861. The van der Waals surface area contributed by atoms with Crippen molar-refractivity contribution >= 4 is 11.9 Å². The third-order valence-corrected chi connectivity index (χ3v) is 4.06. The van der Waals surface area contributed by atoms with E-state index < -0.39 is 0 Å². The molecule has 0 spiro atoms.